The highest BCUT2D eigenvalue weighted by Gasteiger charge is 2.25. The molecule has 1 N–H and O–H groups in total. The summed E-state index contributed by atoms with van der Waals surface area (Å²) in [4.78, 5) is 12.6. The molecule has 0 fully saturated rings. The second-order valence-corrected chi connectivity index (χ2v) is 4.72. The molecule has 16 heavy (non-hydrogen) atoms. The summed E-state index contributed by atoms with van der Waals surface area (Å²) >= 11 is 0. The maximum atomic E-state index is 10.8. The van der Waals surface area contributed by atoms with Crippen molar-refractivity contribution in [1.29, 1.82) is 0 Å². The van der Waals surface area contributed by atoms with E-state index >= 15 is 0 Å². The summed E-state index contributed by atoms with van der Waals surface area (Å²) in [6, 6.07) is 0. The number of carbonyl (C=O) groups is 1. The summed E-state index contributed by atoms with van der Waals surface area (Å²) in [7, 11) is 0. The predicted molar refractivity (Wildman–Crippen MR) is 56.8 cm³/mol. The summed E-state index contributed by atoms with van der Waals surface area (Å²) in [5.41, 5.74) is 1.12. The van der Waals surface area contributed by atoms with E-state index in [0.717, 1.165) is 0 Å². The molecule has 0 unspecified atom stereocenters. The maximum absolute atomic E-state index is 10.8. The highest BCUT2D eigenvalue weighted by atomic mass is 16.6. The zero-order valence-corrected chi connectivity index (χ0v) is 10.0. The first-order valence-electron chi connectivity index (χ1n) is 5.05. The first kappa shape index (κ1) is 12.6. The summed E-state index contributed by atoms with van der Waals surface area (Å²) in [6.45, 7) is 8.05. The molecule has 1 aromatic heterocycles. The van der Waals surface area contributed by atoms with Gasteiger partial charge in [-0.3, -0.25) is 9.69 Å². The largest absolute Gasteiger partial charge is 0.480 e. The van der Waals surface area contributed by atoms with Crippen LogP contribution in [-0.4, -0.2) is 38.4 Å². The van der Waals surface area contributed by atoms with Gasteiger partial charge in [0.15, 0.2) is 0 Å². The number of aliphatic carboxylic acids is 1. The number of hydrogen-bond donors (Lipinski definition) is 1. The molecule has 0 spiro atoms. The summed E-state index contributed by atoms with van der Waals surface area (Å²) in [5.74, 6) is -0.857. The van der Waals surface area contributed by atoms with Gasteiger partial charge in [0, 0.05) is 12.1 Å². The minimum atomic E-state index is -0.857. The Balaban J connectivity index is 2.79. The van der Waals surface area contributed by atoms with Gasteiger partial charge in [-0.15, -0.1) is 0 Å². The fraction of sp³-hybridized carbons (Fsp3) is 0.700. The van der Waals surface area contributed by atoms with Crippen molar-refractivity contribution in [3.8, 4) is 0 Å². The van der Waals surface area contributed by atoms with E-state index in [1.165, 1.54) is 0 Å². The first-order chi connectivity index (χ1) is 7.30. The molecule has 6 heteroatoms. The van der Waals surface area contributed by atoms with Gasteiger partial charge in [0.25, 0.3) is 0 Å². The van der Waals surface area contributed by atoms with Crippen LogP contribution >= 0.6 is 0 Å². The molecule has 6 nitrogen and oxygen atoms in total. The van der Waals surface area contributed by atoms with Crippen LogP contribution in [0.2, 0.25) is 0 Å². The van der Waals surface area contributed by atoms with Gasteiger partial charge in [0.1, 0.15) is 11.4 Å². The minimum absolute atomic E-state index is 0.0319. The van der Waals surface area contributed by atoms with E-state index in [4.69, 9.17) is 5.11 Å². The fourth-order valence-corrected chi connectivity index (χ4v) is 1.27. The van der Waals surface area contributed by atoms with E-state index in [0.29, 0.717) is 17.9 Å². The summed E-state index contributed by atoms with van der Waals surface area (Å²) in [5, 5.41) is 16.3. The Bertz CT molecular complexity index is 368. The van der Waals surface area contributed by atoms with Crippen molar-refractivity contribution in [1.82, 2.24) is 15.2 Å². The molecule has 0 aliphatic carbocycles. The molecule has 0 aromatic carbocycles. The molecule has 1 rings (SSSR count). The van der Waals surface area contributed by atoms with Crippen LogP contribution in [0, 0.1) is 6.92 Å². The lowest BCUT2D eigenvalue weighted by molar-refractivity contribution is -0.140. The summed E-state index contributed by atoms with van der Waals surface area (Å²) in [6.07, 6.45) is 0. The molecule has 1 aromatic rings. The van der Waals surface area contributed by atoms with Gasteiger partial charge in [-0.1, -0.05) is 10.3 Å². The standard InChI is InChI=1S/C10H17N3O3/c1-7-8(12-16-11-7)5-13(6-9(14)15)10(2,3)4/h5-6H2,1-4H3,(H,14,15). The van der Waals surface area contributed by atoms with Crippen LogP contribution in [0.25, 0.3) is 0 Å². The van der Waals surface area contributed by atoms with E-state index in [-0.39, 0.29) is 12.1 Å². The second-order valence-electron chi connectivity index (χ2n) is 4.72. The molecule has 0 radical (unpaired) electrons. The number of hydrogen-bond acceptors (Lipinski definition) is 5. The Morgan fingerprint density at radius 2 is 2.06 bits per heavy atom. The zero-order valence-electron chi connectivity index (χ0n) is 10.0. The summed E-state index contributed by atoms with van der Waals surface area (Å²) < 4.78 is 4.59. The van der Waals surface area contributed by atoms with Gasteiger partial charge >= 0.3 is 5.97 Å². The number of carboxylic acids is 1. The van der Waals surface area contributed by atoms with E-state index in [1.54, 1.807) is 6.92 Å². The molecule has 0 aliphatic heterocycles. The fourth-order valence-electron chi connectivity index (χ4n) is 1.27. The number of carboxylic acid groups (broad SMARTS) is 1. The van der Waals surface area contributed by atoms with Crippen molar-refractivity contribution in [2.45, 2.75) is 39.8 Å². The number of aromatic nitrogens is 2. The predicted octanol–water partition coefficient (Wildman–Crippen LogP) is 1.06. The number of aryl methyl sites for hydroxylation is 1. The van der Waals surface area contributed by atoms with Crippen molar-refractivity contribution in [3.05, 3.63) is 11.4 Å². The third-order valence-electron chi connectivity index (χ3n) is 2.36. The van der Waals surface area contributed by atoms with E-state index in [2.05, 4.69) is 14.9 Å². The van der Waals surface area contributed by atoms with Crippen LogP contribution in [0.4, 0.5) is 0 Å². The van der Waals surface area contributed by atoms with Crippen molar-refractivity contribution in [3.63, 3.8) is 0 Å². The van der Waals surface area contributed by atoms with E-state index in [9.17, 15) is 4.79 Å². The molecule has 0 saturated heterocycles. The van der Waals surface area contributed by atoms with E-state index < -0.39 is 5.97 Å². The van der Waals surface area contributed by atoms with E-state index in [1.807, 2.05) is 25.7 Å². The van der Waals surface area contributed by atoms with Gasteiger partial charge in [0.05, 0.1) is 6.54 Å². The molecule has 0 bridgehead atoms. The highest BCUT2D eigenvalue weighted by molar-refractivity contribution is 5.69. The molecular weight excluding hydrogens is 210 g/mol. The van der Waals surface area contributed by atoms with Crippen LogP contribution in [0.5, 0.6) is 0 Å². The Kier molecular flexibility index (Phi) is 3.64. The number of nitrogens with zero attached hydrogens (tertiary/aromatic N) is 3. The average Bonchev–Trinajstić information content (AvgIpc) is 2.48. The van der Waals surface area contributed by atoms with Crippen LogP contribution in [0.15, 0.2) is 4.63 Å². The second kappa shape index (κ2) is 4.61. The SMILES string of the molecule is Cc1nonc1CN(CC(=O)O)C(C)(C)C. The van der Waals surface area contributed by atoms with Gasteiger partial charge < -0.3 is 5.11 Å². The van der Waals surface area contributed by atoms with Crippen molar-refractivity contribution in [2.24, 2.45) is 0 Å². The lowest BCUT2D eigenvalue weighted by atomic mass is 10.1. The average molecular weight is 227 g/mol. The van der Waals surface area contributed by atoms with Gasteiger partial charge in [-0.2, -0.15) is 0 Å². The number of rotatable bonds is 4. The van der Waals surface area contributed by atoms with Gasteiger partial charge in [-0.05, 0) is 27.7 Å². The monoisotopic (exact) mass is 227 g/mol. The smallest absolute Gasteiger partial charge is 0.317 e. The van der Waals surface area contributed by atoms with Crippen molar-refractivity contribution < 1.29 is 14.5 Å². The molecule has 1 heterocycles. The highest BCUT2D eigenvalue weighted by Crippen LogP contribution is 2.17. The van der Waals surface area contributed by atoms with Crippen LogP contribution < -0.4 is 0 Å². The Hall–Kier alpha value is -1.43. The molecule has 0 amide bonds. The molecule has 0 aliphatic rings. The maximum Gasteiger partial charge on any atom is 0.317 e. The molecule has 0 atom stereocenters. The Morgan fingerprint density at radius 3 is 2.44 bits per heavy atom. The minimum Gasteiger partial charge on any atom is -0.480 e. The van der Waals surface area contributed by atoms with Crippen LogP contribution in [0.3, 0.4) is 0 Å². The van der Waals surface area contributed by atoms with Crippen molar-refractivity contribution >= 4 is 5.97 Å². The molecular formula is C10H17N3O3. The van der Waals surface area contributed by atoms with Crippen molar-refractivity contribution in [2.75, 3.05) is 6.54 Å². The Labute approximate surface area is 94.2 Å². The quantitative estimate of drug-likeness (QED) is 0.828. The third-order valence-corrected chi connectivity index (χ3v) is 2.36. The molecule has 0 saturated carbocycles. The van der Waals surface area contributed by atoms with Crippen LogP contribution in [-0.2, 0) is 11.3 Å². The first-order valence-corrected chi connectivity index (χ1v) is 5.05. The third kappa shape index (κ3) is 3.30. The van der Waals surface area contributed by atoms with Gasteiger partial charge in [0.2, 0.25) is 0 Å². The molecule has 90 valence electrons. The lowest BCUT2D eigenvalue weighted by Crippen LogP contribution is -2.44. The lowest BCUT2D eigenvalue weighted by Gasteiger charge is -2.33. The topological polar surface area (TPSA) is 79.5 Å². The zero-order chi connectivity index (χ0) is 12.3. The normalized spacial score (nSPS) is 12.1. The van der Waals surface area contributed by atoms with Gasteiger partial charge in [-0.25, -0.2) is 4.63 Å². The van der Waals surface area contributed by atoms with Crippen LogP contribution in [0.1, 0.15) is 32.2 Å². The Morgan fingerprint density at radius 1 is 1.44 bits per heavy atom.